The molecule has 0 spiro atoms. The number of ether oxygens (including phenoxy) is 2. The van der Waals surface area contributed by atoms with Crippen LogP contribution in [-0.2, 0) is 15.9 Å². The minimum absolute atomic E-state index is 0.158. The van der Waals surface area contributed by atoms with Crippen LogP contribution in [0.4, 0.5) is 26.3 Å². The van der Waals surface area contributed by atoms with E-state index in [9.17, 15) is 31.4 Å². The Bertz CT molecular complexity index is 779. The normalized spacial score (nSPS) is 13.6. The van der Waals surface area contributed by atoms with Crippen molar-refractivity contribution in [1.29, 1.82) is 0 Å². The predicted octanol–water partition coefficient (Wildman–Crippen LogP) is 5.42. The fraction of sp³-hybridized carbons (Fsp3) is 0.579. The summed E-state index contributed by atoms with van der Waals surface area (Å²) >= 11 is 0. The van der Waals surface area contributed by atoms with Crippen molar-refractivity contribution in [2.24, 2.45) is 0 Å². The van der Waals surface area contributed by atoms with Crippen molar-refractivity contribution in [3.05, 3.63) is 35.5 Å². The molecule has 1 heterocycles. The van der Waals surface area contributed by atoms with Crippen LogP contribution in [-0.4, -0.2) is 41.3 Å². The van der Waals surface area contributed by atoms with Crippen molar-refractivity contribution in [3.8, 4) is 0 Å². The molecule has 2 rings (SSSR count). The molecule has 2 aromatic rings. The summed E-state index contributed by atoms with van der Waals surface area (Å²) in [5, 5.41) is 10.0. The maximum atomic E-state index is 12.9. The van der Waals surface area contributed by atoms with Gasteiger partial charge in [-0.1, -0.05) is 18.2 Å². The molecule has 164 valence electrons. The lowest BCUT2D eigenvalue weighted by Gasteiger charge is -2.32. The molecule has 1 aromatic carbocycles. The molecule has 2 N–H and O–H groups in total. The number of aromatic nitrogens is 1. The van der Waals surface area contributed by atoms with Crippen molar-refractivity contribution < 1.29 is 40.9 Å². The summed E-state index contributed by atoms with van der Waals surface area (Å²) in [5.41, 5.74) is -3.16. The number of rotatable bonds is 9. The molecule has 0 bridgehead atoms. The Morgan fingerprint density at radius 2 is 1.52 bits per heavy atom. The first kappa shape index (κ1) is 23.5. The van der Waals surface area contributed by atoms with E-state index in [0.717, 1.165) is 0 Å². The zero-order valence-electron chi connectivity index (χ0n) is 16.0. The number of aliphatic hydroxyl groups is 1. The molecular weight excluding hydrogens is 404 g/mol. The molecule has 1 aromatic heterocycles. The highest BCUT2D eigenvalue weighted by Gasteiger charge is 2.69. The van der Waals surface area contributed by atoms with E-state index in [1.165, 1.54) is 0 Å². The second-order valence-electron chi connectivity index (χ2n) is 6.51. The van der Waals surface area contributed by atoms with Gasteiger partial charge in [0.1, 0.15) is 0 Å². The summed E-state index contributed by atoms with van der Waals surface area (Å²) in [6, 6.07) is 7.00. The minimum atomic E-state index is -5.83. The van der Waals surface area contributed by atoms with Gasteiger partial charge in [0.15, 0.2) is 6.29 Å². The van der Waals surface area contributed by atoms with Crippen molar-refractivity contribution in [2.45, 2.75) is 57.4 Å². The van der Waals surface area contributed by atoms with E-state index in [-0.39, 0.29) is 6.42 Å². The first-order chi connectivity index (χ1) is 13.5. The largest absolute Gasteiger partial charge is 0.426 e. The van der Waals surface area contributed by atoms with Gasteiger partial charge in [-0.25, -0.2) is 0 Å². The lowest BCUT2D eigenvalue weighted by molar-refractivity contribution is -0.370. The standard InChI is InChI=1S/C19H23F6NO3/c1-3-28-16(29-4-2)15-12-8-5-6-9-13(12)26-14(15)10-7-11-17(27,18(20,21)22)19(23,24)25/h5-6,8-9,16,26-27H,3-4,7,10-11H2,1-2H3. The lowest BCUT2D eigenvalue weighted by atomic mass is 9.94. The number of halogens is 6. The van der Waals surface area contributed by atoms with E-state index in [1.807, 2.05) is 0 Å². The molecule has 0 amide bonds. The quantitative estimate of drug-likeness (QED) is 0.415. The van der Waals surface area contributed by atoms with Crippen LogP contribution < -0.4 is 0 Å². The minimum Gasteiger partial charge on any atom is -0.374 e. The summed E-state index contributed by atoms with van der Waals surface area (Å²) in [6.45, 7) is 4.08. The predicted molar refractivity (Wildman–Crippen MR) is 94.3 cm³/mol. The summed E-state index contributed by atoms with van der Waals surface area (Å²) in [7, 11) is 0. The van der Waals surface area contributed by atoms with E-state index >= 15 is 0 Å². The molecular formula is C19H23F6NO3. The third-order valence-corrected chi connectivity index (χ3v) is 4.60. The first-order valence-corrected chi connectivity index (χ1v) is 9.14. The smallest absolute Gasteiger partial charge is 0.374 e. The highest BCUT2D eigenvalue weighted by Crippen LogP contribution is 2.46. The van der Waals surface area contributed by atoms with Gasteiger partial charge in [-0.2, -0.15) is 26.3 Å². The molecule has 0 saturated heterocycles. The Morgan fingerprint density at radius 1 is 0.966 bits per heavy atom. The molecule has 0 atom stereocenters. The fourth-order valence-electron chi connectivity index (χ4n) is 3.17. The summed E-state index contributed by atoms with van der Waals surface area (Å²) in [6.07, 6.45) is -14.7. The van der Waals surface area contributed by atoms with Crippen molar-refractivity contribution in [1.82, 2.24) is 4.98 Å². The van der Waals surface area contributed by atoms with Gasteiger partial charge in [-0.3, -0.25) is 0 Å². The Balaban J connectivity index is 2.33. The van der Waals surface area contributed by atoms with E-state index < -0.39 is 37.1 Å². The number of aryl methyl sites for hydroxylation is 1. The van der Waals surface area contributed by atoms with Crippen molar-refractivity contribution >= 4 is 10.9 Å². The second kappa shape index (κ2) is 8.93. The van der Waals surface area contributed by atoms with Gasteiger partial charge in [0, 0.05) is 35.4 Å². The maximum Gasteiger partial charge on any atom is 0.426 e. The Morgan fingerprint density at radius 3 is 2.03 bits per heavy atom. The van der Waals surface area contributed by atoms with Crippen LogP contribution in [0.1, 0.15) is 44.2 Å². The van der Waals surface area contributed by atoms with Crippen LogP contribution in [0.5, 0.6) is 0 Å². The number of hydrogen-bond donors (Lipinski definition) is 2. The topological polar surface area (TPSA) is 54.5 Å². The zero-order chi connectivity index (χ0) is 21.9. The average Bonchev–Trinajstić information content (AvgIpc) is 2.97. The van der Waals surface area contributed by atoms with Gasteiger partial charge >= 0.3 is 12.4 Å². The van der Waals surface area contributed by atoms with Gasteiger partial charge in [-0.15, -0.1) is 0 Å². The zero-order valence-corrected chi connectivity index (χ0v) is 16.0. The molecule has 0 aliphatic rings. The van der Waals surface area contributed by atoms with Crippen molar-refractivity contribution in [3.63, 3.8) is 0 Å². The molecule has 0 aliphatic heterocycles. The Kier molecular flexibility index (Phi) is 7.23. The molecule has 0 saturated carbocycles. The van der Waals surface area contributed by atoms with Crippen LogP contribution in [0.3, 0.4) is 0 Å². The molecule has 4 nitrogen and oxygen atoms in total. The third-order valence-electron chi connectivity index (χ3n) is 4.60. The number of para-hydroxylation sites is 1. The molecule has 0 radical (unpaired) electrons. The van der Waals surface area contributed by atoms with Gasteiger partial charge in [0.2, 0.25) is 0 Å². The summed E-state index contributed by atoms with van der Waals surface area (Å²) in [4.78, 5) is 3.02. The molecule has 0 unspecified atom stereocenters. The number of H-pyrrole nitrogens is 1. The summed E-state index contributed by atoms with van der Waals surface area (Å²) < 4.78 is 88.5. The summed E-state index contributed by atoms with van der Waals surface area (Å²) in [5.74, 6) is 0. The van der Waals surface area contributed by atoms with Gasteiger partial charge in [0.25, 0.3) is 5.60 Å². The number of benzene rings is 1. The number of fused-ring (bicyclic) bond motifs is 1. The van der Waals surface area contributed by atoms with Gasteiger partial charge in [0.05, 0.1) is 0 Å². The molecule has 0 fully saturated rings. The van der Waals surface area contributed by atoms with Gasteiger partial charge in [-0.05, 0) is 39.2 Å². The Labute approximate surface area is 163 Å². The maximum absolute atomic E-state index is 12.9. The van der Waals surface area contributed by atoms with E-state index in [1.54, 1.807) is 38.1 Å². The van der Waals surface area contributed by atoms with Crippen LogP contribution in [0.2, 0.25) is 0 Å². The second-order valence-corrected chi connectivity index (χ2v) is 6.51. The molecule has 0 aliphatic carbocycles. The van der Waals surface area contributed by atoms with E-state index in [0.29, 0.717) is 35.4 Å². The first-order valence-electron chi connectivity index (χ1n) is 9.14. The number of alkyl halides is 6. The average molecular weight is 427 g/mol. The highest BCUT2D eigenvalue weighted by molar-refractivity contribution is 5.84. The number of aromatic amines is 1. The van der Waals surface area contributed by atoms with Crippen LogP contribution in [0, 0.1) is 0 Å². The van der Waals surface area contributed by atoms with Crippen molar-refractivity contribution in [2.75, 3.05) is 13.2 Å². The van der Waals surface area contributed by atoms with Gasteiger partial charge < -0.3 is 19.6 Å². The Hall–Kier alpha value is -1.78. The monoisotopic (exact) mass is 427 g/mol. The SMILES string of the molecule is CCOC(OCC)c1c(CCCC(O)(C(F)(F)F)C(F)(F)F)[nH]c2ccccc12. The third kappa shape index (κ3) is 4.87. The van der Waals surface area contributed by atoms with E-state index in [4.69, 9.17) is 9.47 Å². The fourth-order valence-corrected chi connectivity index (χ4v) is 3.17. The number of hydrogen-bond acceptors (Lipinski definition) is 3. The van der Waals surface area contributed by atoms with E-state index in [2.05, 4.69) is 4.98 Å². The van der Waals surface area contributed by atoms with Crippen LogP contribution in [0.25, 0.3) is 10.9 Å². The van der Waals surface area contributed by atoms with Crippen LogP contribution >= 0.6 is 0 Å². The van der Waals surface area contributed by atoms with Crippen LogP contribution in [0.15, 0.2) is 24.3 Å². The molecule has 29 heavy (non-hydrogen) atoms. The lowest BCUT2D eigenvalue weighted by Crippen LogP contribution is -2.56. The highest BCUT2D eigenvalue weighted by atomic mass is 19.4. The number of nitrogens with one attached hydrogen (secondary N) is 1. The molecule has 10 heteroatoms.